The zero-order valence-corrected chi connectivity index (χ0v) is 13.9. The minimum Gasteiger partial charge on any atom is -0.481 e. The van der Waals surface area contributed by atoms with Crippen LogP contribution in [0.25, 0.3) is 0 Å². The molecule has 1 N–H and O–H groups in total. The van der Waals surface area contributed by atoms with Gasteiger partial charge in [-0.3, -0.25) is 9.69 Å². The number of rotatable bonds is 5. The van der Waals surface area contributed by atoms with Crippen LogP contribution in [0.5, 0.6) is 5.88 Å². The molecule has 6 nitrogen and oxygen atoms in total. The summed E-state index contributed by atoms with van der Waals surface area (Å²) in [6.45, 7) is 4.86. The highest BCUT2D eigenvalue weighted by Crippen LogP contribution is 2.28. The van der Waals surface area contributed by atoms with Crippen molar-refractivity contribution in [3.05, 3.63) is 17.8 Å². The maximum atomic E-state index is 12.7. The molecule has 0 unspecified atom stereocenters. The number of methoxy groups -OCH3 is 1. The predicted octanol–water partition coefficient (Wildman–Crippen LogP) is 1.84. The Labute approximate surface area is 137 Å². The van der Waals surface area contributed by atoms with E-state index in [9.17, 15) is 4.79 Å². The van der Waals surface area contributed by atoms with Gasteiger partial charge in [0.25, 0.3) is 0 Å². The third kappa shape index (κ3) is 3.82. The SMILES string of the molecule is COc1ccc(NC(=O)[C@H]2COCCN2CC2CCC2)c(C)n1. The van der Waals surface area contributed by atoms with Crippen LogP contribution in [0.1, 0.15) is 25.0 Å². The first-order valence-electron chi connectivity index (χ1n) is 8.31. The number of morpholine rings is 1. The summed E-state index contributed by atoms with van der Waals surface area (Å²) >= 11 is 0. The number of amides is 1. The third-order valence-corrected chi connectivity index (χ3v) is 4.79. The molecular weight excluding hydrogens is 294 g/mol. The summed E-state index contributed by atoms with van der Waals surface area (Å²) in [6, 6.07) is 3.37. The number of anilines is 1. The highest BCUT2D eigenvalue weighted by molar-refractivity contribution is 5.95. The van der Waals surface area contributed by atoms with Crippen LogP contribution in [-0.4, -0.2) is 55.2 Å². The number of pyridine rings is 1. The predicted molar refractivity (Wildman–Crippen MR) is 87.7 cm³/mol. The van der Waals surface area contributed by atoms with Gasteiger partial charge < -0.3 is 14.8 Å². The molecule has 1 aromatic heterocycles. The summed E-state index contributed by atoms with van der Waals surface area (Å²) in [4.78, 5) is 19.3. The van der Waals surface area contributed by atoms with Crippen molar-refractivity contribution < 1.29 is 14.3 Å². The quantitative estimate of drug-likeness (QED) is 0.897. The van der Waals surface area contributed by atoms with Crippen molar-refractivity contribution in [2.75, 3.05) is 38.7 Å². The molecule has 2 aliphatic rings. The molecule has 1 aromatic rings. The molecule has 0 bridgehead atoms. The van der Waals surface area contributed by atoms with Crippen molar-refractivity contribution in [1.29, 1.82) is 0 Å². The summed E-state index contributed by atoms with van der Waals surface area (Å²) in [5.74, 6) is 1.28. The van der Waals surface area contributed by atoms with Crippen molar-refractivity contribution in [3.8, 4) is 5.88 Å². The number of aromatic nitrogens is 1. The highest BCUT2D eigenvalue weighted by atomic mass is 16.5. The average molecular weight is 319 g/mol. The van der Waals surface area contributed by atoms with E-state index in [0.29, 0.717) is 19.1 Å². The van der Waals surface area contributed by atoms with Crippen LogP contribution < -0.4 is 10.1 Å². The summed E-state index contributed by atoms with van der Waals surface area (Å²) in [5, 5.41) is 2.99. The Bertz CT molecular complexity index is 560. The van der Waals surface area contributed by atoms with Crippen molar-refractivity contribution in [2.45, 2.75) is 32.2 Å². The molecule has 1 aliphatic heterocycles. The third-order valence-electron chi connectivity index (χ3n) is 4.79. The Morgan fingerprint density at radius 3 is 2.96 bits per heavy atom. The molecule has 0 aromatic carbocycles. The Balaban J connectivity index is 1.65. The first-order valence-corrected chi connectivity index (χ1v) is 8.31. The minimum atomic E-state index is -0.217. The Kier molecular flexibility index (Phi) is 5.13. The van der Waals surface area contributed by atoms with Crippen LogP contribution in [0.2, 0.25) is 0 Å². The van der Waals surface area contributed by atoms with Crippen molar-refractivity contribution >= 4 is 11.6 Å². The van der Waals surface area contributed by atoms with E-state index in [-0.39, 0.29) is 11.9 Å². The molecule has 0 spiro atoms. The van der Waals surface area contributed by atoms with E-state index in [1.54, 1.807) is 13.2 Å². The Morgan fingerprint density at radius 2 is 2.30 bits per heavy atom. The molecule has 2 fully saturated rings. The first-order chi connectivity index (χ1) is 11.2. The molecule has 0 radical (unpaired) electrons. The zero-order chi connectivity index (χ0) is 16.2. The molecular formula is C17H25N3O3. The van der Waals surface area contributed by atoms with E-state index in [4.69, 9.17) is 9.47 Å². The number of carbonyl (C=O) groups is 1. The van der Waals surface area contributed by atoms with Crippen LogP contribution in [-0.2, 0) is 9.53 Å². The number of nitrogens with one attached hydrogen (secondary N) is 1. The van der Waals surface area contributed by atoms with Gasteiger partial charge in [-0.05, 0) is 31.7 Å². The molecule has 6 heteroatoms. The lowest BCUT2D eigenvalue weighted by Gasteiger charge is -2.39. The Hall–Kier alpha value is -1.66. The number of aryl methyl sites for hydroxylation is 1. The maximum absolute atomic E-state index is 12.7. The van der Waals surface area contributed by atoms with Crippen molar-refractivity contribution in [2.24, 2.45) is 5.92 Å². The van der Waals surface area contributed by atoms with E-state index >= 15 is 0 Å². The van der Waals surface area contributed by atoms with Gasteiger partial charge >= 0.3 is 0 Å². The smallest absolute Gasteiger partial charge is 0.244 e. The van der Waals surface area contributed by atoms with Crippen LogP contribution in [0, 0.1) is 12.8 Å². The number of nitrogens with zero attached hydrogens (tertiary/aromatic N) is 2. The van der Waals surface area contributed by atoms with Gasteiger partial charge in [-0.1, -0.05) is 6.42 Å². The van der Waals surface area contributed by atoms with Crippen LogP contribution in [0.3, 0.4) is 0 Å². The zero-order valence-electron chi connectivity index (χ0n) is 13.9. The highest BCUT2D eigenvalue weighted by Gasteiger charge is 2.32. The number of hydrogen-bond acceptors (Lipinski definition) is 5. The molecule has 3 rings (SSSR count). The number of hydrogen-bond donors (Lipinski definition) is 1. The van der Waals surface area contributed by atoms with Crippen molar-refractivity contribution in [1.82, 2.24) is 9.88 Å². The lowest BCUT2D eigenvalue weighted by Crippen LogP contribution is -2.53. The maximum Gasteiger partial charge on any atom is 0.244 e. The molecule has 1 aliphatic carbocycles. The summed E-state index contributed by atoms with van der Waals surface area (Å²) in [6.07, 6.45) is 3.89. The largest absolute Gasteiger partial charge is 0.481 e. The normalized spacial score (nSPS) is 22.4. The van der Waals surface area contributed by atoms with Gasteiger partial charge in [0.1, 0.15) is 6.04 Å². The summed E-state index contributed by atoms with van der Waals surface area (Å²) in [7, 11) is 1.58. The van der Waals surface area contributed by atoms with Gasteiger partial charge in [0.15, 0.2) is 0 Å². The topological polar surface area (TPSA) is 63.7 Å². The molecule has 2 heterocycles. The fourth-order valence-corrected chi connectivity index (χ4v) is 3.10. The second-order valence-electron chi connectivity index (χ2n) is 6.36. The second kappa shape index (κ2) is 7.27. The molecule has 1 saturated carbocycles. The van der Waals surface area contributed by atoms with E-state index in [1.165, 1.54) is 19.3 Å². The fraction of sp³-hybridized carbons (Fsp3) is 0.647. The molecule has 1 atom stereocenters. The lowest BCUT2D eigenvalue weighted by molar-refractivity contribution is -0.128. The van der Waals surface area contributed by atoms with Gasteiger partial charge in [0, 0.05) is 19.2 Å². The van der Waals surface area contributed by atoms with Crippen LogP contribution in [0.4, 0.5) is 5.69 Å². The average Bonchev–Trinajstić information content (AvgIpc) is 2.53. The van der Waals surface area contributed by atoms with Crippen molar-refractivity contribution in [3.63, 3.8) is 0 Å². The standard InChI is InChI=1S/C17H25N3O3/c1-12-14(6-7-16(18-12)22-2)19-17(21)15-11-23-9-8-20(15)10-13-4-3-5-13/h6-7,13,15H,3-5,8-11H2,1-2H3,(H,19,21)/t15-/m1/s1. The number of carbonyl (C=O) groups excluding carboxylic acids is 1. The lowest BCUT2D eigenvalue weighted by atomic mass is 9.84. The van der Waals surface area contributed by atoms with E-state index < -0.39 is 0 Å². The van der Waals surface area contributed by atoms with E-state index in [2.05, 4.69) is 15.2 Å². The molecule has 23 heavy (non-hydrogen) atoms. The monoisotopic (exact) mass is 319 g/mol. The van der Waals surface area contributed by atoms with Gasteiger partial charge in [-0.15, -0.1) is 0 Å². The summed E-state index contributed by atoms with van der Waals surface area (Å²) < 4.78 is 10.6. The van der Waals surface area contributed by atoms with Crippen LogP contribution >= 0.6 is 0 Å². The van der Waals surface area contributed by atoms with Crippen LogP contribution in [0.15, 0.2) is 12.1 Å². The van der Waals surface area contributed by atoms with Gasteiger partial charge in [-0.2, -0.15) is 0 Å². The fourth-order valence-electron chi connectivity index (χ4n) is 3.10. The minimum absolute atomic E-state index is 0.0147. The van der Waals surface area contributed by atoms with Gasteiger partial charge in [-0.25, -0.2) is 4.98 Å². The first kappa shape index (κ1) is 16.2. The second-order valence-corrected chi connectivity index (χ2v) is 6.36. The summed E-state index contributed by atoms with van der Waals surface area (Å²) in [5.41, 5.74) is 1.48. The molecule has 1 saturated heterocycles. The van der Waals surface area contributed by atoms with E-state index in [1.807, 2.05) is 13.0 Å². The molecule has 1 amide bonds. The molecule has 126 valence electrons. The van der Waals surface area contributed by atoms with Gasteiger partial charge in [0.2, 0.25) is 11.8 Å². The van der Waals surface area contributed by atoms with Gasteiger partial charge in [0.05, 0.1) is 31.7 Å². The number of ether oxygens (including phenoxy) is 2. The van der Waals surface area contributed by atoms with E-state index in [0.717, 1.165) is 30.4 Å². The Morgan fingerprint density at radius 1 is 1.48 bits per heavy atom.